The largest absolute Gasteiger partial charge is 0.361 e. The molecule has 0 atom stereocenters. The second kappa shape index (κ2) is 6.36. The molecule has 0 aliphatic rings. The second-order valence-corrected chi connectivity index (χ2v) is 6.24. The van der Waals surface area contributed by atoms with Crippen LogP contribution in [0.2, 0.25) is 0 Å². The van der Waals surface area contributed by atoms with Gasteiger partial charge in [-0.2, -0.15) is 0 Å². The van der Waals surface area contributed by atoms with Crippen LogP contribution in [0.3, 0.4) is 0 Å². The highest BCUT2D eigenvalue weighted by Crippen LogP contribution is 2.18. The molecule has 22 heavy (non-hydrogen) atoms. The van der Waals surface area contributed by atoms with Gasteiger partial charge in [-0.3, -0.25) is 4.79 Å². The second-order valence-electron chi connectivity index (χ2n) is 5.32. The summed E-state index contributed by atoms with van der Waals surface area (Å²) in [6.07, 6.45) is 2.83. The predicted molar refractivity (Wildman–Crippen MR) is 93.2 cm³/mol. The number of benzene rings is 2. The van der Waals surface area contributed by atoms with Crippen LogP contribution in [0.1, 0.15) is 21.5 Å². The standard InChI is InChI=1S/C18H17BrN2O/c1-12-10-14(19)6-7-15(12)18(22)20-9-8-13-11-21-17-5-3-2-4-16(13)17/h2-7,10-11,21H,8-9H2,1H3,(H,20,22). The van der Waals surface area contributed by atoms with Gasteiger partial charge in [-0.1, -0.05) is 34.1 Å². The third-order valence-corrected chi connectivity index (χ3v) is 4.28. The number of fused-ring (bicyclic) bond motifs is 1. The lowest BCUT2D eigenvalue weighted by Crippen LogP contribution is -2.26. The molecule has 2 aromatic carbocycles. The molecule has 112 valence electrons. The third kappa shape index (κ3) is 3.07. The minimum absolute atomic E-state index is 0.0233. The van der Waals surface area contributed by atoms with Crippen LogP contribution in [0.4, 0.5) is 0 Å². The summed E-state index contributed by atoms with van der Waals surface area (Å²) in [5.74, 6) is -0.0233. The topological polar surface area (TPSA) is 44.9 Å². The van der Waals surface area contributed by atoms with Crippen molar-refractivity contribution in [2.24, 2.45) is 0 Å². The fourth-order valence-corrected chi connectivity index (χ4v) is 3.10. The predicted octanol–water partition coefficient (Wildman–Crippen LogP) is 4.21. The zero-order chi connectivity index (χ0) is 15.5. The quantitative estimate of drug-likeness (QED) is 0.722. The van der Waals surface area contributed by atoms with Crippen LogP contribution >= 0.6 is 15.9 Å². The summed E-state index contributed by atoms with van der Waals surface area (Å²) in [7, 11) is 0. The zero-order valence-corrected chi connectivity index (χ0v) is 13.9. The Bertz CT molecular complexity index is 823. The summed E-state index contributed by atoms with van der Waals surface area (Å²) in [5, 5.41) is 4.21. The number of aromatic amines is 1. The smallest absolute Gasteiger partial charge is 0.251 e. The lowest BCUT2D eigenvalue weighted by molar-refractivity contribution is 0.0953. The molecule has 0 saturated carbocycles. The van der Waals surface area contributed by atoms with Crippen molar-refractivity contribution in [3.05, 3.63) is 69.8 Å². The van der Waals surface area contributed by atoms with Crippen molar-refractivity contribution in [1.29, 1.82) is 0 Å². The Morgan fingerprint density at radius 2 is 2.05 bits per heavy atom. The molecular weight excluding hydrogens is 340 g/mol. The molecule has 0 aliphatic heterocycles. The maximum Gasteiger partial charge on any atom is 0.251 e. The van der Waals surface area contributed by atoms with Gasteiger partial charge in [0.15, 0.2) is 0 Å². The van der Waals surface area contributed by atoms with Gasteiger partial charge in [0, 0.05) is 33.7 Å². The Morgan fingerprint density at radius 1 is 1.23 bits per heavy atom. The van der Waals surface area contributed by atoms with Crippen LogP contribution in [-0.4, -0.2) is 17.4 Å². The molecule has 0 radical (unpaired) electrons. The van der Waals surface area contributed by atoms with Crippen molar-refractivity contribution in [1.82, 2.24) is 10.3 Å². The van der Waals surface area contributed by atoms with Gasteiger partial charge in [0.2, 0.25) is 0 Å². The molecule has 0 spiro atoms. The number of amides is 1. The third-order valence-electron chi connectivity index (χ3n) is 3.79. The van der Waals surface area contributed by atoms with Gasteiger partial charge < -0.3 is 10.3 Å². The molecule has 0 fully saturated rings. The van der Waals surface area contributed by atoms with E-state index in [-0.39, 0.29) is 5.91 Å². The van der Waals surface area contributed by atoms with Gasteiger partial charge in [0.05, 0.1) is 0 Å². The molecule has 0 unspecified atom stereocenters. The van der Waals surface area contributed by atoms with Gasteiger partial charge in [-0.15, -0.1) is 0 Å². The summed E-state index contributed by atoms with van der Waals surface area (Å²) < 4.78 is 0.986. The van der Waals surface area contributed by atoms with E-state index in [1.807, 2.05) is 43.5 Å². The molecular formula is C18H17BrN2O. The first-order valence-corrected chi connectivity index (χ1v) is 8.04. The average Bonchev–Trinajstić information content (AvgIpc) is 2.90. The first kappa shape index (κ1) is 14.9. The number of hydrogen-bond donors (Lipinski definition) is 2. The molecule has 1 aromatic heterocycles. The summed E-state index contributed by atoms with van der Waals surface area (Å²) in [6, 6.07) is 13.9. The molecule has 4 heteroatoms. The SMILES string of the molecule is Cc1cc(Br)ccc1C(=O)NCCc1c[nH]c2ccccc12. The van der Waals surface area contributed by atoms with E-state index in [1.165, 1.54) is 10.9 Å². The van der Waals surface area contributed by atoms with E-state index in [4.69, 9.17) is 0 Å². The van der Waals surface area contributed by atoms with E-state index in [0.29, 0.717) is 6.54 Å². The number of carbonyl (C=O) groups is 1. The number of nitrogens with one attached hydrogen (secondary N) is 2. The monoisotopic (exact) mass is 356 g/mol. The summed E-state index contributed by atoms with van der Waals surface area (Å²) in [5.41, 5.74) is 4.05. The van der Waals surface area contributed by atoms with Crippen molar-refractivity contribution in [2.75, 3.05) is 6.54 Å². The number of hydrogen-bond acceptors (Lipinski definition) is 1. The van der Waals surface area contributed by atoms with Crippen LogP contribution in [0, 0.1) is 6.92 Å². The fraction of sp³-hybridized carbons (Fsp3) is 0.167. The molecule has 2 N–H and O–H groups in total. The maximum absolute atomic E-state index is 12.2. The van der Waals surface area contributed by atoms with Gasteiger partial charge >= 0.3 is 0 Å². The molecule has 3 aromatic rings. The maximum atomic E-state index is 12.2. The van der Waals surface area contributed by atoms with E-state index < -0.39 is 0 Å². The normalized spacial score (nSPS) is 10.8. The first-order chi connectivity index (χ1) is 10.6. The highest BCUT2D eigenvalue weighted by atomic mass is 79.9. The molecule has 1 heterocycles. The van der Waals surface area contributed by atoms with E-state index in [2.05, 4.69) is 38.4 Å². The van der Waals surface area contributed by atoms with Gasteiger partial charge in [0.1, 0.15) is 0 Å². The zero-order valence-electron chi connectivity index (χ0n) is 12.3. The van der Waals surface area contributed by atoms with Gasteiger partial charge in [-0.25, -0.2) is 0 Å². The minimum atomic E-state index is -0.0233. The van der Waals surface area contributed by atoms with E-state index in [1.54, 1.807) is 0 Å². The van der Waals surface area contributed by atoms with E-state index in [9.17, 15) is 4.79 Å². The number of rotatable bonds is 4. The Morgan fingerprint density at radius 3 is 2.86 bits per heavy atom. The van der Waals surface area contributed by atoms with Gasteiger partial charge in [-0.05, 0) is 48.7 Å². The Kier molecular flexibility index (Phi) is 4.29. The van der Waals surface area contributed by atoms with Crippen molar-refractivity contribution in [3.8, 4) is 0 Å². The Labute approximate surface area is 137 Å². The number of para-hydroxylation sites is 1. The first-order valence-electron chi connectivity index (χ1n) is 7.24. The molecule has 0 bridgehead atoms. The summed E-state index contributed by atoms with van der Waals surface area (Å²) in [4.78, 5) is 15.5. The summed E-state index contributed by atoms with van der Waals surface area (Å²) in [6.45, 7) is 2.57. The van der Waals surface area contributed by atoms with Crippen molar-refractivity contribution < 1.29 is 4.79 Å². The Hall–Kier alpha value is -2.07. The van der Waals surface area contributed by atoms with Crippen LogP contribution in [-0.2, 0) is 6.42 Å². The fourth-order valence-electron chi connectivity index (χ4n) is 2.63. The number of H-pyrrole nitrogens is 1. The highest BCUT2D eigenvalue weighted by Gasteiger charge is 2.09. The average molecular weight is 357 g/mol. The summed E-state index contributed by atoms with van der Waals surface area (Å²) >= 11 is 3.41. The van der Waals surface area contributed by atoms with Crippen LogP contribution in [0.25, 0.3) is 10.9 Å². The number of aromatic nitrogens is 1. The van der Waals surface area contributed by atoms with Crippen LogP contribution < -0.4 is 5.32 Å². The molecule has 3 nitrogen and oxygen atoms in total. The van der Waals surface area contributed by atoms with Crippen molar-refractivity contribution >= 4 is 32.7 Å². The number of halogens is 1. The number of carbonyl (C=O) groups excluding carboxylic acids is 1. The molecule has 1 amide bonds. The lowest BCUT2D eigenvalue weighted by atomic mass is 10.1. The lowest BCUT2D eigenvalue weighted by Gasteiger charge is -2.08. The molecule has 0 aliphatic carbocycles. The van der Waals surface area contributed by atoms with Crippen molar-refractivity contribution in [3.63, 3.8) is 0 Å². The van der Waals surface area contributed by atoms with Crippen LogP contribution in [0.5, 0.6) is 0 Å². The number of aryl methyl sites for hydroxylation is 1. The van der Waals surface area contributed by atoms with Gasteiger partial charge in [0.25, 0.3) is 5.91 Å². The molecule has 3 rings (SSSR count). The van der Waals surface area contributed by atoms with E-state index >= 15 is 0 Å². The minimum Gasteiger partial charge on any atom is -0.361 e. The molecule has 0 saturated heterocycles. The Balaban J connectivity index is 1.64. The van der Waals surface area contributed by atoms with E-state index in [0.717, 1.165) is 27.5 Å². The van der Waals surface area contributed by atoms with Crippen molar-refractivity contribution in [2.45, 2.75) is 13.3 Å². The van der Waals surface area contributed by atoms with Crippen LogP contribution in [0.15, 0.2) is 53.1 Å². The highest BCUT2D eigenvalue weighted by molar-refractivity contribution is 9.10.